The van der Waals surface area contributed by atoms with Crippen LogP contribution >= 0.6 is 0 Å². The minimum atomic E-state index is -4.67. The van der Waals surface area contributed by atoms with Crippen LogP contribution in [0, 0.1) is 0 Å². The smallest absolute Gasteiger partial charge is 0.394 e. The Labute approximate surface area is 355 Å². The quantitative estimate of drug-likeness (QED) is 0.0346. The highest BCUT2D eigenvalue weighted by Gasteiger charge is 1.99. The lowest BCUT2D eigenvalue weighted by Crippen LogP contribution is -2.26. The number of nitrogens with zero attached hydrogens (tertiary/aromatic N) is 2. The van der Waals surface area contributed by atoms with Crippen LogP contribution in [-0.2, 0) is 19.9 Å². The molecule has 0 saturated carbocycles. The Hall–Kier alpha value is -0.370. The molecule has 0 fully saturated rings. The van der Waals surface area contributed by atoms with Gasteiger partial charge >= 0.3 is 10.4 Å². The molecule has 348 valence electrons. The summed E-state index contributed by atoms with van der Waals surface area (Å²) in [4.78, 5) is 4.21. The van der Waals surface area contributed by atoms with Gasteiger partial charge in [0.05, 0.1) is 26.4 Å². The first-order valence-electron chi connectivity index (χ1n) is 24.1. The van der Waals surface area contributed by atoms with E-state index in [1.807, 2.05) is 14.1 Å². The number of hydrogen-bond donors (Lipinski definition) is 4. The van der Waals surface area contributed by atoms with E-state index in [1.54, 1.807) is 0 Å². The molecule has 0 heterocycles. The van der Waals surface area contributed by atoms with Crippen molar-refractivity contribution in [1.82, 2.24) is 9.80 Å². The van der Waals surface area contributed by atoms with Crippen molar-refractivity contribution in [2.75, 3.05) is 79.9 Å². The van der Waals surface area contributed by atoms with E-state index >= 15 is 0 Å². The molecule has 0 atom stereocenters. The van der Waals surface area contributed by atoms with E-state index in [0.717, 1.165) is 52.6 Å². The molecule has 0 saturated heterocycles. The predicted octanol–water partition coefficient (Wildman–Crippen LogP) is 11.7. The fourth-order valence-corrected chi connectivity index (χ4v) is 6.71. The van der Waals surface area contributed by atoms with Crippen LogP contribution in [0.3, 0.4) is 0 Å². The fraction of sp³-hybridized carbons (Fsp3) is 1.00. The molecule has 0 aromatic carbocycles. The van der Waals surface area contributed by atoms with Crippen LogP contribution in [-0.4, -0.2) is 117 Å². The average molecular weight is 841 g/mol. The number of ether oxygens (including phenoxy) is 2. The van der Waals surface area contributed by atoms with Crippen molar-refractivity contribution in [2.24, 2.45) is 0 Å². The van der Waals surface area contributed by atoms with Crippen molar-refractivity contribution >= 4 is 10.4 Å². The first kappa shape index (κ1) is 60.9. The Kier molecular flexibility index (Phi) is 57.3. The van der Waals surface area contributed by atoms with Crippen molar-refractivity contribution in [3.05, 3.63) is 0 Å². The number of likely N-dealkylation sites (N-methyl/N-ethyl adjacent to an activating group) is 2. The molecule has 10 nitrogen and oxygen atoms in total. The molecule has 0 bridgehead atoms. The van der Waals surface area contributed by atoms with E-state index in [0.29, 0.717) is 0 Å². The van der Waals surface area contributed by atoms with Crippen molar-refractivity contribution < 1.29 is 37.2 Å². The maximum absolute atomic E-state index is 8.81. The highest BCUT2D eigenvalue weighted by molar-refractivity contribution is 7.79. The van der Waals surface area contributed by atoms with Gasteiger partial charge in [0, 0.05) is 39.4 Å². The molecule has 0 radical (unpaired) electrons. The zero-order valence-electron chi connectivity index (χ0n) is 38.4. The lowest BCUT2D eigenvalue weighted by Gasteiger charge is -2.14. The van der Waals surface area contributed by atoms with E-state index in [4.69, 9.17) is 37.2 Å². The summed E-state index contributed by atoms with van der Waals surface area (Å²) in [6.45, 7) is 11.7. The number of hydrogen-bond acceptors (Lipinski definition) is 8. The molecule has 0 rings (SSSR count). The fourth-order valence-electron chi connectivity index (χ4n) is 6.71. The molecule has 0 aliphatic heterocycles. The summed E-state index contributed by atoms with van der Waals surface area (Å²) < 4.78 is 42.9. The maximum atomic E-state index is 8.81. The van der Waals surface area contributed by atoms with Gasteiger partial charge in [-0.25, -0.2) is 0 Å². The summed E-state index contributed by atoms with van der Waals surface area (Å²) in [5.74, 6) is 0. The van der Waals surface area contributed by atoms with E-state index < -0.39 is 10.4 Å². The lowest BCUT2D eigenvalue weighted by atomic mass is 10.0. The van der Waals surface area contributed by atoms with Crippen LogP contribution in [0.5, 0.6) is 0 Å². The minimum absolute atomic E-state index is 0.232. The second-order valence-electron chi connectivity index (χ2n) is 16.3. The molecule has 0 amide bonds. The third-order valence-electron chi connectivity index (χ3n) is 10.5. The van der Waals surface area contributed by atoms with Crippen molar-refractivity contribution in [3.63, 3.8) is 0 Å². The summed E-state index contributed by atoms with van der Waals surface area (Å²) in [6, 6.07) is 0. The van der Waals surface area contributed by atoms with Gasteiger partial charge in [0.1, 0.15) is 0 Å². The van der Waals surface area contributed by atoms with Gasteiger partial charge in [-0.1, -0.05) is 206 Å². The van der Waals surface area contributed by atoms with Gasteiger partial charge in [-0.15, -0.1) is 0 Å². The molecule has 0 aliphatic carbocycles. The molecular formula is C46H100N2O8S. The Morgan fingerprint density at radius 2 is 0.544 bits per heavy atom. The summed E-state index contributed by atoms with van der Waals surface area (Å²) >= 11 is 0. The van der Waals surface area contributed by atoms with E-state index in [2.05, 4.69) is 23.6 Å². The monoisotopic (exact) mass is 841 g/mol. The lowest BCUT2D eigenvalue weighted by molar-refractivity contribution is 0.102. The Bertz CT molecular complexity index is 751. The number of aliphatic hydroxyl groups is 2. The van der Waals surface area contributed by atoms with Crippen LogP contribution in [0.25, 0.3) is 0 Å². The van der Waals surface area contributed by atoms with Crippen molar-refractivity contribution in [3.8, 4) is 0 Å². The van der Waals surface area contributed by atoms with E-state index in [9.17, 15) is 0 Å². The van der Waals surface area contributed by atoms with Gasteiger partial charge < -0.3 is 29.5 Å². The van der Waals surface area contributed by atoms with Crippen LogP contribution in [0.4, 0.5) is 0 Å². The Morgan fingerprint density at radius 3 is 0.737 bits per heavy atom. The molecule has 4 N–H and O–H groups in total. The normalized spacial score (nSPS) is 11.5. The summed E-state index contributed by atoms with van der Waals surface area (Å²) in [7, 11) is -0.623. The Balaban J connectivity index is -0.000000913. The highest BCUT2D eigenvalue weighted by atomic mass is 32.3. The van der Waals surface area contributed by atoms with E-state index in [1.165, 1.54) is 205 Å². The van der Waals surface area contributed by atoms with Gasteiger partial charge in [-0.2, -0.15) is 8.42 Å². The molecule has 0 aliphatic rings. The van der Waals surface area contributed by atoms with Crippen LogP contribution in [0.15, 0.2) is 0 Å². The summed E-state index contributed by atoms with van der Waals surface area (Å²) in [5.41, 5.74) is 0. The second kappa shape index (κ2) is 53.6. The molecule has 0 aromatic rings. The van der Waals surface area contributed by atoms with Crippen molar-refractivity contribution in [2.45, 2.75) is 219 Å². The third-order valence-corrected chi connectivity index (χ3v) is 10.5. The van der Waals surface area contributed by atoms with Gasteiger partial charge in [0.25, 0.3) is 0 Å². The zero-order valence-corrected chi connectivity index (χ0v) is 39.2. The molecule has 0 unspecified atom stereocenters. The van der Waals surface area contributed by atoms with Crippen molar-refractivity contribution in [1.29, 1.82) is 0 Å². The summed E-state index contributed by atoms with van der Waals surface area (Å²) in [5, 5.41) is 17.6. The maximum Gasteiger partial charge on any atom is 0.394 e. The van der Waals surface area contributed by atoms with Crippen LogP contribution in [0.2, 0.25) is 0 Å². The minimum Gasteiger partial charge on any atom is -0.395 e. The largest absolute Gasteiger partial charge is 0.395 e. The van der Waals surface area contributed by atoms with Gasteiger partial charge in [-0.3, -0.25) is 9.11 Å². The summed E-state index contributed by atoms with van der Waals surface area (Å²) in [6.07, 6.45) is 45.1. The highest BCUT2D eigenvalue weighted by Crippen LogP contribution is 2.15. The van der Waals surface area contributed by atoms with Gasteiger partial charge in [0.15, 0.2) is 0 Å². The SMILES string of the molecule is CCCCCCCCCCCCCCCCCCOCCN(C)CCO.CCCCCCCCCCCCCCCCCCOCCN(C)CCO.O=S(=O)(O)O. The van der Waals surface area contributed by atoms with E-state index in [-0.39, 0.29) is 13.2 Å². The molecular weight excluding hydrogens is 741 g/mol. The second-order valence-corrected chi connectivity index (χ2v) is 17.2. The van der Waals surface area contributed by atoms with Gasteiger partial charge in [-0.05, 0) is 26.9 Å². The number of rotatable bonds is 44. The first-order valence-corrected chi connectivity index (χ1v) is 25.5. The number of aliphatic hydroxyl groups excluding tert-OH is 2. The first-order chi connectivity index (χ1) is 27.6. The molecule has 0 aromatic heterocycles. The van der Waals surface area contributed by atoms with Gasteiger partial charge in [0.2, 0.25) is 0 Å². The Morgan fingerprint density at radius 1 is 0.351 bits per heavy atom. The van der Waals surface area contributed by atoms with Crippen LogP contribution < -0.4 is 0 Å². The number of unbranched alkanes of at least 4 members (excludes halogenated alkanes) is 30. The molecule has 11 heteroatoms. The molecule has 57 heavy (non-hydrogen) atoms. The zero-order chi connectivity index (χ0) is 42.8. The molecule has 0 spiro atoms. The predicted molar refractivity (Wildman–Crippen MR) is 244 cm³/mol. The third kappa shape index (κ3) is 70.5. The topological polar surface area (TPSA) is 140 Å². The standard InChI is InChI=1S/2C23H49NO2.H2O4S/c2*1-3-4-5-6-7-8-9-10-11-12-13-14-15-16-17-18-22-26-23-20-24(2)19-21-25;1-5(2,3)4/h2*25H,3-23H2,1-2H3;(H2,1,2,3,4). The average Bonchev–Trinajstić information content (AvgIpc) is 3.16. The van der Waals surface area contributed by atoms with Crippen LogP contribution in [0.1, 0.15) is 219 Å².